The van der Waals surface area contributed by atoms with Crippen LogP contribution in [0.5, 0.6) is 0 Å². The summed E-state index contributed by atoms with van der Waals surface area (Å²) in [4.78, 5) is 0.130. The second-order valence-electron chi connectivity index (χ2n) is 5.99. The zero-order valence-electron chi connectivity index (χ0n) is 14.4. The van der Waals surface area contributed by atoms with E-state index in [1.54, 1.807) is 19.9 Å². The van der Waals surface area contributed by atoms with Crippen LogP contribution in [-0.2, 0) is 16.6 Å². The summed E-state index contributed by atoms with van der Waals surface area (Å²) in [6.07, 6.45) is 0. The van der Waals surface area contributed by atoms with Crippen molar-refractivity contribution in [1.82, 2.24) is 5.16 Å². The molecule has 0 amide bonds. The summed E-state index contributed by atoms with van der Waals surface area (Å²) in [6, 6.07) is 17.0. The molecule has 1 aromatic heterocycles. The first kappa shape index (κ1) is 17.2. The van der Waals surface area contributed by atoms with Crippen LogP contribution in [-0.4, -0.2) is 13.6 Å². The molecule has 0 bridgehead atoms. The zero-order chi connectivity index (χ0) is 18.0. The lowest BCUT2D eigenvalue weighted by atomic mass is 10.2. The fraction of sp³-hybridized carbons (Fsp3) is 0.211. The lowest BCUT2D eigenvalue weighted by Gasteiger charge is -2.25. The van der Waals surface area contributed by atoms with E-state index in [0.29, 0.717) is 17.1 Å². The average molecular weight is 356 g/mol. The Kier molecular flexibility index (Phi) is 4.63. The largest absolute Gasteiger partial charge is 0.360 e. The molecule has 0 aliphatic rings. The van der Waals surface area contributed by atoms with Gasteiger partial charge in [-0.05, 0) is 44.0 Å². The van der Waals surface area contributed by atoms with Crippen LogP contribution < -0.4 is 4.31 Å². The fourth-order valence-corrected chi connectivity index (χ4v) is 4.54. The van der Waals surface area contributed by atoms with E-state index < -0.39 is 10.0 Å². The Labute approximate surface area is 147 Å². The lowest BCUT2D eigenvalue weighted by molar-refractivity contribution is 0.390. The minimum Gasteiger partial charge on any atom is -0.360 e. The van der Waals surface area contributed by atoms with Gasteiger partial charge in [0.1, 0.15) is 5.69 Å². The quantitative estimate of drug-likeness (QED) is 0.693. The van der Waals surface area contributed by atoms with Gasteiger partial charge in [-0.15, -0.1) is 0 Å². The van der Waals surface area contributed by atoms with E-state index in [0.717, 1.165) is 11.1 Å². The molecule has 0 radical (unpaired) electrons. The standard InChI is InChI=1S/C19H20N2O3S/c1-14-8-7-11-18(12-14)21(13-17-9-5-4-6-10-17)25(22,23)19-15(2)20-24-16(19)3/h4-12H,13H2,1-3H3. The van der Waals surface area contributed by atoms with E-state index in [9.17, 15) is 8.42 Å². The van der Waals surface area contributed by atoms with Crippen molar-refractivity contribution in [2.24, 2.45) is 0 Å². The first-order valence-corrected chi connectivity index (χ1v) is 9.40. The molecule has 0 aliphatic carbocycles. The zero-order valence-corrected chi connectivity index (χ0v) is 15.2. The normalized spacial score (nSPS) is 11.5. The molecule has 0 spiro atoms. The van der Waals surface area contributed by atoms with Crippen LogP contribution in [0.25, 0.3) is 0 Å². The van der Waals surface area contributed by atoms with Gasteiger partial charge in [0.2, 0.25) is 0 Å². The highest BCUT2D eigenvalue weighted by molar-refractivity contribution is 7.92. The third-order valence-corrected chi connectivity index (χ3v) is 5.99. The van der Waals surface area contributed by atoms with Crippen molar-refractivity contribution in [3.8, 4) is 0 Å². The fourth-order valence-electron chi connectivity index (χ4n) is 2.80. The van der Waals surface area contributed by atoms with Crippen LogP contribution >= 0.6 is 0 Å². The molecular weight excluding hydrogens is 336 g/mol. The van der Waals surface area contributed by atoms with Crippen molar-refractivity contribution >= 4 is 15.7 Å². The number of nitrogens with zero attached hydrogens (tertiary/aromatic N) is 2. The highest BCUT2D eigenvalue weighted by Crippen LogP contribution is 2.30. The van der Waals surface area contributed by atoms with E-state index in [-0.39, 0.29) is 11.4 Å². The molecule has 3 rings (SSSR count). The maximum Gasteiger partial charge on any atom is 0.270 e. The number of aryl methyl sites for hydroxylation is 3. The molecule has 0 atom stereocenters. The van der Waals surface area contributed by atoms with Gasteiger partial charge >= 0.3 is 0 Å². The van der Waals surface area contributed by atoms with E-state index >= 15 is 0 Å². The molecule has 1 heterocycles. The minimum absolute atomic E-state index is 0.130. The lowest BCUT2D eigenvalue weighted by Crippen LogP contribution is -2.31. The summed E-state index contributed by atoms with van der Waals surface area (Å²) in [5.74, 6) is 0.295. The Morgan fingerprint density at radius 2 is 1.72 bits per heavy atom. The Morgan fingerprint density at radius 3 is 2.32 bits per heavy atom. The summed E-state index contributed by atoms with van der Waals surface area (Å²) < 4.78 is 33.2. The highest BCUT2D eigenvalue weighted by atomic mass is 32.2. The summed E-state index contributed by atoms with van der Waals surface area (Å²) in [7, 11) is -3.81. The van der Waals surface area contributed by atoms with E-state index in [1.165, 1.54) is 4.31 Å². The molecule has 3 aromatic rings. The van der Waals surface area contributed by atoms with Crippen LogP contribution in [0, 0.1) is 20.8 Å². The molecule has 0 N–H and O–H groups in total. The highest BCUT2D eigenvalue weighted by Gasteiger charge is 2.31. The molecular formula is C19H20N2O3S. The summed E-state index contributed by atoms with van der Waals surface area (Å²) >= 11 is 0. The maximum atomic E-state index is 13.4. The molecule has 5 nitrogen and oxygen atoms in total. The topological polar surface area (TPSA) is 63.4 Å². The number of rotatable bonds is 5. The van der Waals surface area contributed by atoms with Gasteiger partial charge in [-0.25, -0.2) is 8.42 Å². The van der Waals surface area contributed by atoms with Gasteiger partial charge in [0.15, 0.2) is 10.7 Å². The average Bonchev–Trinajstić information content (AvgIpc) is 2.93. The smallest absolute Gasteiger partial charge is 0.270 e. The van der Waals surface area contributed by atoms with Gasteiger partial charge in [0.05, 0.1) is 12.2 Å². The molecule has 0 fully saturated rings. The third kappa shape index (κ3) is 3.44. The number of hydrogen-bond donors (Lipinski definition) is 0. The monoisotopic (exact) mass is 356 g/mol. The number of sulfonamides is 1. The number of benzene rings is 2. The molecule has 0 aliphatic heterocycles. The summed E-state index contributed by atoms with van der Waals surface area (Å²) in [6.45, 7) is 5.42. The number of anilines is 1. The van der Waals surface area contributed by atoms with Crippen molar-refractivity contribution in [2.75, 3.05) is 4.31 Å². The Balaban J connectivity index is 2.14. The Hall–Kier alpha value is -2.60. The Bertz CT molecular complexity index is 959. The van der Waals surface area contributed by atoms with Gasteiger partial charge in [-0.3, -0.25) is 4.31 Å². The summed E-state index contributed by atoms with van der Waals surface area (Å²) in [5, 5.41) is 3.80. The molecule has 130 valence electrons. The maximum absolute atomic E-state index is 13.4. The predicted octanol–water partition coefficient (Wildman–Crippen LogP) is 4.00. The van der Waals surface area contributed by atoms with Crippen LogP contribution in [0.1, 0.15) is 22.6 Å². The van der Waals surface area contributed by atoms with Crippen molar-refractivity contribution in [2.45, 2.75) is 32.2 Å². The number of aromatic nitrogens is 1. The molecule has 0 saturated heterocycles. The Morgan fingerprint density at radius 1 is 1.00 bits per heavy atom. The molecule has 0 saturated carbocycles. The van der Waals surface area contributed by atoms with Crippen LogP contribution in [0.2, 0.25) is 0 Å². The molecule has 2 aromatic carbocycles. The number of hydrogen-bond acceptors (Lipinski definition) is 4. The molecule has 0 unspecified atom stereocenters. The van der Waals surface area contributed by atoms with Gasteiger partial charge in [0, 0.05) is 0 Å². The van der Waals surface area contributed by atoms with E-state index in [1.807, 2.05) is 55.5 Å². The van der Waals surface area contributed by atoms with E-state index in [2.05, 4.69) is 5.16 Å². The molecule has 6 heteroatoms. The van der Waals surface area contributed by atoms with Crippen molar-refractivity contribution in [3.05, 3.63) is 77.2 Å². The third-order valence-electron chi connectivity index (χ3n) is 3.97. The first-order valence-electron chi connectivity index (χ1n) is 7.96. The van der Waals surface area contributed by atoms with Gasteiger partial charge in [0.25, 0.3) is 10.0 Å². The molecule has 25 heavy (non-hydrogen) atoms. The second-order valence-corrected chi connectivity index (χ2v) is 7.79. The van der Waals surface area contributed by atoms with Crippen LogP contribution in [0.15, 0.2) is 64.0 Å². The van der Waals surface area contributed by atoms with Crippen molar-refractivity contribution in [3.63, 3.8) is 0 Å². The first-order chi connectivity index (χ1) is 11.9. The van der Waals surface area contributed by atoms with E-state index in [4.69, 9.17) is 4.52 Å². The summed E-state index contributed by atoms with van der Waals surface area (Å²) in [5.41, 5.74) is 2.87. The minimum atomic E-state index is -3.81. The SMILES string of the molecule is Cc1cccc(N(Cc2ccccc2)S(=O)(=O)c2c(C)noc2C)c1. The van der Waals surface area contributed by atoms with Crippen molar-refractivity contribution in [1.29, 1.82) is 0 Å². The predicted molar refractivity (Wildman–Crippen MR) is 97.0 cm³/mol. The van der Waals surface area contributed by atoms with Gasteiger partial charge < -0.3 is 4.52 Å². The van der Waals surface area contributed by atoms with Gasteiger partial charge in [-0.1, -0.05) is 47.6 Å². The van der Waals surface area contributed by atoms with Crippen LogP contribution in [0.4, 0.5) is 5.69 Å². The second kappa shape index (κ2) is 6.72. The van der Waals surface area contributed by atoms with Crippen molar-refractivity contribution < 1.29 is 12.9 Å². The van der Waals surface area contributed by atoms with Crippen LogP contribution in [0.3, 0.4) is 0 Å². The van der Waals surface area contributed by atoms with Gasteiger partial charge in [-0.2, -0.15) is 0 Å².